The molecule has 1 atom stereocenters. The van der Waals surface area contributed by atoms with Crippen LogP contribution in [0.15, 0.2) is 41.3 Å². The number of nitrogens with one attached hydrogen (secondary N) is 1. The van der Waals surface area contributed by atoms with Gasteiger partial charge < -0.3 is 15.3 Å². The van der Waals surface area contributed by atoms with Crippen LogP contribution in [0.2, 0.25) is 5.02 Å². The molecule has 1 saturated heterocycles. The molecule has 4 rings (SSSR count). The predicted octanol–water partition coefficient (Wildman–Crippen LogP) is 3.18. The van der Waals surface area contributed by atoms with Gasteiger partial charge in [0.15, 0.2) is 0 Å². The standard InChI is InChI=1S/C24H28ClN5O4/c1-2-3-4-11-29-20(28-12-5-6-19(28)23(34)26-14-22(32)33)13-21(31)30-15-18(27-24(29)30)16-7-9-17(25)10-8-16/h7-10,13,15,19H,2-6,11-12,14H2,1H3,(H,26,34)(H,32,33). The number of nitrogens with zero attached hydrogens (tertiary/aromatic N) is 4. The number of carboxylic acids is 1. The Labute approximate surface area is 202 Å². The van der Waals surface area contributed by atoms with Crippen molar-refractivity contribution in [2.45, 2.75) is 51.6 Å². The maximum absolute atomic E-state index is 13.1. The second kappa shape index (κ2) is 10.3. The van der Waals surface area contributed by atoms with Gasteiger partial charge in [0.05, 0.1) is 5.69 Å². The van der Waals surface area contributed by atoms with Gasteiger partial charge in [0.2, 0.25) is 11.7 Å². The highest BCUT2D eigenvalue weighted by molar-refractivity contribution is 6.30. The highest BCUT2D eigenvalue weighted by Gasteiger charge is 2.33. The normalized spacial score (nSPS) is 15.7. The molecule has 0 radical (unpaired) electrons. The number of imidazole rings is 1. The van der Waals surface area contributed by atoms with Crippen molar-refractivity contribution in [3.8, 4) is 11.3 Å². The van der Waals surface area contributed by atoms with E-state index in [1.807, 2.05) is 21.6 Å². The average Bonchev–Trinajstić information content (AvgIpc) is 3.47. The molecule has 2 N–H and O–H groups in total. The highest BCUT2D eigenvalue weighted by Crippen LogP contribution is 2.28. The number of benzene rings is 1. The molecule has 1 fully saturated rings. The number of carbonyl (C=O) groups is 2. The summed E-state index contributed by atoms with van der Waals surface area (Å²) >= 11 is 6.02. The van der Waals surface area contributed by atoms with Crippen molar-refractivity contribution in [3.05, 3.63) is 51.9 Å². The molecule has 1 aliphatic rings. The molecule has 3 aromatic rings. The molecule has 1 aromatic carbocycles. The van der Waals surface area contributed by atoms with Crippen molar-refractivity contribution >= 4 is 35.1 Å². The van der Waals surface area contributed by atoms with E-state index < -0.39 is 18.6 Å². The van der Waals surface area contributed by atoms with Gasteiger partial charge in [0.25, 0.3) is 5.56 Å². The summed E-state index contributed by atoms with van der Waals surface area (Å²) in [4.78, 5) is 43.5. The minimum absolute atomic E-state index is 0.235. The molecule has 9 nitrogen and oxygen atoms in total. The number of anilines is 1. The monoisotopic (exact) mass is 485 g/mol. The molecule has 1 aliphatic heterocycles. The molecule has 0 bridgehead atoms. The Morgan fingerprint density at radius 1 is 1.24 bits per heavy atom. The first-order chi connectivity index (χ1) is 16.4. The Morgan fingerprint density at radius 3 is 2.71 bits per heavy atom. The number of aromatic nitrogens is 3. The maximum atomic E-state index is 13.1. The van der Waals surface area contributed by atoms with Gasteiger partial charge in [0, 0.05) is 35.9 Å². The lowest BCUT2D eigenvalue weighted by atomic mass is 10.2. The maximum Gasteiger partial charge on any atom is 0.322 e. The smallest absolute Gasteiger partial charge is 0.322 e. The molecule has 3 heterocycles. The minimum Gasteiger partial charge on any atom is -0.480 e. The lowest BCUT2D eigenvalue weighted by molar-refractivity contribution is -0.138. The molecule has 0 saturated carbocycles. The van der Waals surface area contributed by atoms with Crippen molar-refractivity contribution in [2.24, 2.45) is 0 Å². The number of fused-ring (bicyclic) bond motifs is 1. The Morgan fingerprint density at radius 2 is 2.00 bits per heavy atom. The van der Waals surface area contributed by atoms with E-state index in [1.54, 1.807) is 24.4 Å². The number of halogens is 1. The molecule has 180 valence electrons. The van der Waals surface area contributed by atoms with Crippen LogP contribution in [0.5, 0.6) is 0 Å². The molecule has 0 spiro atoms. The second-order valence-electron chi connectivity index (χ2n) is 8.47. The fourth-order valence-electron chi connectivity index (χ4n) is 4.41. The van der Waals surface area contributed by atoms with Gasteiger partial charge in [-0.15, -0.1) is 0 Å². The van der Waals surface area contributed by atoms with Crippen LogP contribution in [-0.4, -0.2) is 50.1 Å². The van der Waals surface area contributed by atoms with Gasteiger partial charge in [-0.2, -0.15) is 0 Å². The van der Waals surface area contributed by atoms with Crippen molar-refractivity contribution in [3.63, 3.8) is 0 Å². The Hall–Kier alpha value is -3.33. The summed E-state index contributed by atoms with van der Waals surface area (Å²) in [7, 11) is 0. The number of unbranched alkanes of at least 4 members (excludes halogenated alkanes) is 2. The Balaban J connectivity index is 1.78. The first-order valence-electron chi connectivity index (χ1n) is 11.5. The summed E-state index contributed by atoms with van der Waals surface area (Å²) in [5.41, 5.74) is 1.27. The van der Waals surface area contributed by atoms with E-state index in [0.717, 1.165) is 31.2 Å². The number of rotatable bonds is 9. The quantitative estimate of drug-likeness (QED) is 0.450. The van der Waals surface area contributed by atoms with E-state index in [9.17, 15) is 14.4 Å². The number of aryl methyl sites for hydroxylation is 1. The van der Waals surface area contributed by atoms with E-state index in [-0.39, 0.29) is 11.5 Å². The van der Waals surface area contributed by atoms with Crippen molar-refractivity contribution < 1.29 is 14.7 Å². The molecule has 0 aliphatic carbocycles. The summed E-state index contributed by atoms with van der Waals surface area (Å²) in [6.45, 7) is 2.93. The minimum atomic E-state index is -1.09. The lowest BCUT2D eigenvalue weighted by Crippen LogP contribution is -2.46. The van der Waals surface area contributed by atoms with Crippen molar-refractivity contribution in [2.75, 3.05) is 18.0 Å². The summed E-state index contributed by atoms with van der Waals surface area (Å²) < 4.78 is 3.54. The third-order valence-electron chi connectivity index (χ3n) is 6.08. The number of hydrogen-bond donors (Lipinski definition) is 2. The number of carboxylic acid groups (broad SMARTS) is 1. The zero-order valence-corrected chi connectivity index (χ0v) is 19.8. The van der Waals surface area contributed by atoms with Crippen LogP contribution in [0.3, 0.4) is 0 Å². The predicted molar refractivity (Wildman–Crippen MR) is 130 cm³/mol. The van der Waals surface area contributed by atoms with Crippen LogP contribution in [-0.2, 0) is 16.1 Å². The van der Waals surface area contributed by atoms with Crippen LogP contribution < -0.4 is 15.8 Å². The van der Waals surface area contributed by atoms with E-state index in [1.165, 1.54) is 4.40 Å². The van der Waals surface area contributed by atoms with E-state index >= 15 is 0 Å². The van der Waals surface area contributed by atoms with Crippen molar-refractivity contribution in [1.82, 2.24) is 19.3 Å². The molecule has 1 amide bonds. The van der Waals surface area contributed by atoms with Gasteiger partial charge >= 0.3 is 5.97 Å². The zero-order chi connectivity index (χ0) is 24.2. The third kappa shape index (κ3) is 4.94. The number of aliphatic carboxylic acids is 1. The lowest BCUT2D eigenvalue weighted by Gasteiger charge is -2.28. The molecular formula is C24H28ClN5O4. The van der Waals surface area contributed by atoms with E-state index in [2.05, 4.69) is 12.2 Å². The number of hydrogen-bond acceptors (Lipinski definition) is 5. The van der Waals surface area contributed by atoms with Gasteiger partial charge in [-0.3, -0.25) is 23.4 Å². The zero-order valence-electron chi connectivity index (χ0n) is 19.0. The first kappa shape index (κ1) is 23.8. The van der Waals surface area contributed by atoms with E-state index in [0.29, 0.717) is 41.8 Å². The SMILES string of the molecule is CCCCCn1c(N2CCCC2C(=O)NCC(=O)O)cc(=O)n2cc(-c3ccc(Cl)cc3)nc12. The summed E-state index contributed by atoms with van der Waals surface area (Å²) in [5.74, 6) is -0.296. The molecular weight excluding hydrogens is 458 g/mol. The first-order valence-corrected chi connectivity index (χ1v) is 11.9. The van der Waals surface area contributed by atoms with Crippen LogP contribution in [0.1, 0.15) is 39.0 Å². The fourth-order valence-corrected chi connectivity index (χ4v) is 4.54. The van der Waals surface area contributed by atoms with Crippen LogP contribution >= 0.6 is 11.6 Å². The van der Waals surface area contributed by atoms with Gasteiger partial charge in [0.1, 0.15) is 18.4 Å². The van der Waals surface area contributed by atoms with E-state index in [4.69, 9.17) is 21.7 Å². The van der Waals surface area contributed by atoms with Gasteiger partial charge in [-0.05, 0) is 31.4 Å². The Bertz CT molecular complexity index is 1250. The summed E-state index contributed by atoms with van der Waals surface area (Å²) in [6, 6.07) is 8.30. The highest BCUT2D eigenvalue weighted by atomic mass is 35.5. The largest absolute Gasteiger partial charge is 0.480 e. The third-order valence-corrected chi connectivity index (χ3v) is 6.34. The molecule has 1 unspecified atom stereocenters. The summed E-state index contributed by atoms with van der Waals surface area (Å²) in [6.07, 6.45) is 6.04. The molecule has 34 heavy (non-hydrogen) atoms. The van der Waals surface area contributed by atoms with Gasteiger partial charge in [-0.25, -0.2) is 4.98 Å². The topological polar surface area (TPSA) is 109 Å². The number of amides is 1. The summed E-state index contributed by atoms with van der Waals surface area (Å²) in [5, 5.41) is 12.0. The van der Waals surface area contributed by atoms with Gasteiger partial charge in [-0.1, -0.05) is 43.5 Å². The molecule has 2 aromatic heterocycles. The van der Waals surface area contributed by atoms with Crippen LogP contribution in [0.4, 0.5) is 5.82 Å². The van der Waals surface area contributed by atoms with Crippen LogP contribution in [0, 0.1) is 0 Å². The Kier molecular flexibility index (Phi) is 7.21. The molecule has 10 heteroatoms. The second-order valence-corrected chi connectivity index (χ2v) is 8.90. The number of carbonyl (C=O) groups excluding carboxylic acids is 1. The van der Waals surface area contributed by atoms with Crippen LogP contribution in [0.25, 0.3) is 17.0 Å². The fraction of sp³-hybridized carbons (Fsp3) is 0.417. The van der Waals surface area contributed by atoms with Crippen molar-refractivity contribution in [1.29, 1.82) is 0 Å². The average molecular weight is 486 g/mol.